The van der Waals surface area contributed by atoms with Gasteiger partial charge < -0.3 is 4.90 Å². The molecule has 2 unspecified atom stereocenters. The average molecular weight is 299 g/mol. The summed E-state index contributed by atoms with van der Waals surface area (Å²) in [6, 6.07) is 0. The second-order valence-electron chi connectivity index (χ2n) is 6.79. The predicted octanol–water partition coefficient (Wildman–Crippen LogP) is 2.84. The molecule has 2 aliphatic rings. The van der Waals surface area contributed by atoms with Crippen LogP contribution in [0.3, 0.4) is 0 Å². The van der Waals surface area contributed by atoms with Crippen molar-refractivity contribution in [2.75, 3.05) is 12.3 Å². The number of likely N-dealkylation sites (tertiary alicyclic amines) is 1. The molecule has 1 heterocycles. The molecule has 2 atom stereocenters. The minimum absolute atomic E-state index is 0.0793. The van der Waals surface area contributed by atoms with E-state index < -0.39 is 10.1 Å². The fourth-order valence-electron chi connectivity index (χ4n) is 3.66. The minimum Gasteiger partial charge on any atom is -0.368 e. The standard InChI is InChI=1S/C15H25NO3S/c1-11-5-6-13-12(2)10-15(3,4)16(14(13)9-11)7-8-20(17,18)19/h5,9,12-13H,6-8,10H2,1-4H3,(H,17,18,19). The lowest BCUT2D eigenvalue weighted by Crippen LogP contribution is -2.53. The normalized spacial score (nSPS) is 29.6. The smallest absolute Gasteiger partial charge is 0.266 e. The van der Waals surface area contributed by atoms with E-state index in [2.05, 4.69) is 44.7 Å². The summed E-state index contributed by atoms with van der Waals surface area (Å²) in [5.41, 5.74) is 2.39. The Balaban J connectivity index is 2.31. The molecule has 0 spiro atoms. The Kier molecular flexibility index (Phi) is 4.04. The summed E-state index contributed by atoms with van der Waals surface area (Å²) < 4.78 is 31.2. The van der Waals surface area contributed by atoms with Crippen molar-refractivity contribution in [1.29, 1.82) is 0 Å². The number of hydrogen-bond donors (Lipinski definition) is 1. The zero-order valence-electron chi connectivity index (χ0n) is 12.8. The van der Waals surface area contributed by atoms with Gasteiger partial charge in [-0.15, -0.1) is 0 Å². The zero-order chi connectivity index (χ0) is 15.1. The van der Waals surface area contributed by atoms with Crippen molar-refractivity contribution < 1.29 is 13.0 Å². The van der Waals surface area contributed by atoms with Gasteiger partial charge >= 0.3 is 0 Å². The molecule has 1 aliphatic heterocycles. The average Bonchev–Trinajstić information content (AvgIpc) is 2.25. The zero-order valence-corrected chi connectivity index (χ0v) is 13.6. The summed E-state index contributed by atoms with van der Waals surface area (Å²) in [5.74, 6) is 0.841. The molecule has 0 saturated carbocycles. The molecule has 0 aromatic rings. The second kappa shape index (κ2) is 5.19. The van der Waals surface area contributed by atoms with Crippen LogP contribution in [0.15, 0.2) is 23.4 Å². The molecule has 0 radical (unpaired) electrons. The number of allylic oxidation sites excluding steroid dienone is 4. The summed E-state index contributed by atoms with van der Waals surface area (Å²) in [5, 5.41) is 0. The van der Waals surface area contributed by atoms with Crippen molar-refractivity contribution in [1.82, 2.24) is 4.90 Å². The van der Waals surface area contributed by atoms with Crippen LogP contribution in [0, 0.1) is 11.8 Å². The number of piperidine rings is 1. The highest BCUT2D eigenvalue weighted by Crippen LogP contribution is 2.44. The number of hydrogen-bond acceptors (Lipinski definition) is 3. The molecule has 0 amide bonds. The Labute approximate surface area is 122 Å². The highest BCUT2D eigenvalue weighted by atomic mass is 32.2. The molecule has 0 bridgehead atoms. The van der Waals surface area contributed by atoms with Gasteiger partial charge in [-0.3, -0.25) is 4.55 Å². The van der Waals surface area contributed by atoms with Crippen LogP contribution in [-0.2, 0) is 10.1 Å². The van der Waals surface area contributed by atoms with Crippen molar-refractivity contribution in [2.24, 2.45) is 11.8 Å². The molecular weight excluding hydrogens is 274 g/mol. The van der Waals surface area contributed by atoms with Gasteiger partial charge in [0.1, 0.15) is 0 Å². The van der Waals surface area contributed by atoms with Crippen LogP contribution in [0.4, 0.5) is 0 Å². The molecular formula is C15H25NO3S. The summed E-state index contributed by atoms with van der Waals surface area (Å²) in [7, 11) is -3.92. The quantitative estimate of drug-likeness (QED) is 0.814. The molecule has 1 saturated heterocycles. The van der Waals surface area contributed by atoms with Crippen molar-refractivity contribution in [3.05, 3.63) is 23.4 Å². The van der Waals surface area contributed by atoms with E-state index in [9.17, 15) is 8.42 Å². The van der Waals surface area contributed by atoms with Crippen LogP contribution in [0.2, 0.25) is 0 Å². The van der Waals surface area contributed by atoms with E-state index in [-0.39, 0.29) is 11.3 Å². The van der Waals surface area contributed by atoms with E-state index in [4.69, 9.17) is 4.55 Å². The van der Waals surface area contributed by atoms with Crippen LogP contribution >= 0.6 is 0 Å². The molecule has 4 nitrogen and oxygen atoms in total. The number of rotatable bonds is 3. The van der Waals surface area contributed by atoms with Crippen molar-refractivity contribution >= 4 is 10.1 Å². The second-order valence-corrected chi connectivity index (χ2v) is 8.36. The Morgan fingerprint density at radius 3 is 2.70 bits per heavy atom. The molecule has 0 aromatic heterocycles. The summed E-state index contributed by atoms with van der Waals surface area (Å²) in [6.45, 7) is 9.01. The highest BCUT2D eigenvalue weighted by Gasteiger charge is 2.41. The van der Waals surface area contributed by atoms with Gasteiger partial charge in [-0.05, 0) is 45.6 Å². The maximum absolute atomic E-state index is 11.1. The molecule has 1 N–H and O–H groups in total. The van der Waals surface area contributed by atoms with Crippen LogP contribution in [0.25, 0.3) is 0 Å². The van der Waals surface area contributed by atoms with Crippen molar-refractivity contribution in [2.45, 2.75) is 46.1 Å². The molecule has 1 fully saturated rings. The van der Waals surface area contributed by atoms with Gasteiger partial charge in [0.2, 0.25) is 0 Å². The Bertz CT molecular complexity index is 545. The molecule has 1 aliphatic carbocycles. The van der Waals surface area contributed by atoms with E-state index in [0.29, 0.717) is 18.4 Å². The molecule has 0 aromatic carbocycles. The van der Waals surface area contributed by atoms with Crippen LogP contribution in [0.5, 0.6) is 0 Å². The molecule has 114 valence electrons. The van der Waals surface area contributed by atoms with Gasteiger partial charge in [0.05, 0.1) is 5.75 Å². The lowest BCUT2D eigenvalue weighted by atomic mass is 9.72. The first-order valence-corrected chi connectivity index (χ1v) is 8.82. The topological polar surface area (TPSA) is 57.6 Å². The number of nitrogens with zero attached hydrogens (tertiary/aromatic N) is 1. The van der Waals surface area contributed by atoms with E-state index in [0.717, 1.165) is 12.8 Å². The third kappa shape index (κ3) is 3.26. The summed E-state index contributed by atoms with van der Waals surface area (Å²) in [4.78, 5) is 2.18. The Morgan fingerprint density at radius 2 is 2.10 bits per heavy atom. The first kappa shape index (κ1) is 15.6. The monoisotopic (exact) mass is 299 g/mol. The van der Waals surface area contributed by atoms with E-state index >= 15 is 0 Å². The number of fused-ring (bicyclic) bond motifs is 1. The van der Waals surface area contributed by atoms with Gasteiger partial charge in [-0.1, -0.05) is 18.6 Å². The van der Waals surface area contributed by atoms with Gasteiger partial charge in [-0.2, -0.15) is 8.42 Å². The summed E-state index contributed by atoms with van der Waals surface area (Å²) in [6.07, 6.45) is 6.49. The Morgan fingerprint density at radius 1 is 1.45 bits per heavy atom. The lowest BCUT2D eigenvalue weighted by Gasteiger charge is -2.52. The minimum atomic E-state index is -3.92. The van der Waals surface area contributed by atoms with Crippen LogP contribution in [0.1, 0.15) is 40.5 Å². The predicted molar refractivity (Wildman–Crippen MR) is 80.9 cm³/mol. The fraction of sp³-hybridized carbons (Fsp3) is 0.733. The van der Waals surface area contributed by atoms with Gasteiger partial charge in [0.25, 0.3) is 10.1 Å². The van der Waals surface area contributed by atoms with Crippen molar-refractivity contribution in [3.63, 3.8) is 0 Å². The summed E-state index contributed by atoms with van der Waals surface area (Å²) >= 11 is 0. The van der Waals surface area contributed by atoms with Crippen LogP contribution in [-0.4, -0.2) is 35.7 Å². The molecule has 5 heteroatoms. The highest BCUT2D eigenvalue weighted by molar-refractivity contribution is 7.85. The SMILES string of the molecule is CC1=CCC2C(=C1)N(CCS(=O)(=O)O)C(C)(C)CC2C. The lowest BCUT2D eigenvalue weighted by molar-refractivity contribution is 0.0640. The maximum Gasteiger partial charge on any atom is 0.266 e. The largest absolute Gasteiger partial charge is 0.368 e. The maximum atomic E-state index is 11.1. The van der Waals surface area contributed by atoms with Gasteiger partial charge in [-0.25, -0.2) is 0 Å². The van der Waals surface area contributed by atoms with E-state index in [1.807, 2.05) is 0 Å². The van der Waals surface area contributed by atoms with E-state index in [1.165, 1.54) is 11.3 Å². The molecule has 20 heavy (non-hydrogen) atoms. The van der Waals surface area contributed by atoms with Crippen molar-refractivity contribution in [3.8, 4) is 0 Å². The van der Waals surface area contributed by atoms with E-state index in [1.54, 1.807) is 0 Å². The third-order valence-electron chi connectivity index (χ3n) is 4.57. The first-order chi connectivity index (χ1) is 9.10. The van der Waals surface area contributed by atoms with Crippen LogP contribution < -0.4 is 0 Å². The fourth-order valence-corrected chi connectivity index (χ4v) is 4.08. The molecule has 2 rings (SSSR count). The van der Waals surface area contributed by atoms with Gasteiger partial charge in [0.15, 0.2) is 0 Å². The Hall–Kier alpha value is -0.810. The third-order valence-corrected chi connectivity index (χ3v) is 5.27. The first-order valence-electron chi connectivity index (χ1n) is 7.21. The van der Waals surface area contributed by atoms with Gasteiger partial charge in [0, 0.05) is 23.7 Å².